The predicted octanol–water partition coefficient (Wildman–Crippen LogP) is 3.39. The standard InChI is InChI=1S/C16H14ClN3O3S2/c1-20-15(22)10-5-6-24-14(10)19-16(20)25-8-13(21)18-11-7-9(17)3-4-12(11)23-2/h3-7H,8H2,1-2H3,(H,18,21). The molecule has 0 radical (unpaired) electrons. The maximum atomic E-state index is 12.3. The van der Waals surface area contributed by atoms with Crippen LogP contribution in [0.1, 0.15) is 0 Å². The minimum Gasteiger partial charge on any atom is -0.495 e. The lowest BCUT2D eigenvalue weighted by Gasteiger charge is -2.11. The molecule has 0 bridgehead atoms. The zero-order chi connectivity index (χ0) is 18.0. The molecule has 6 nitrogen and oxygen atoms in total. The summed E-state index contributed by atoms with van der Waals surface area (Å²) in [6.07, 6.45) is 0. The first-order valence-electron chi connectivity index (χ1n) is 7.20. The number of nitrogens with one attached hydrogen (secondary N) is 1. The van der Waals surface area contributed by atoms with Crippen LogP contribution in [0.5, 0.6) is 5.75 Å². The Bertz CT molecular complexity index is 1000. The highest BCUT2D eigenvalue weighted by atomic mass is 35.5. The number of anilines is 1. The average molecular weight is 396 g/mol. The van der Waals surface area contributed by atoms with Gasteiger partial charge in [-0.3, -0.25) is 14.2 Å². The number of fused-ring (bicyclic) bond motifs is 1. The summed E-state index contributed by atoms with van der Waals surface area (Å²) in [5.74, 6) is 0.381. The van der Waals surface area contributed by atoms with Gasteiger partial charge in [0.1, 0.15) is 10.6 Å². The third kappa shape index (κ3) is 3.81. The number of nitrogens with zero attached hydrogens (tertiary/aromatic N) is 2. The van der Waals surface area contributed by atoms with Gasteiger partial charge in [0, 0.05) is 12.1 Å². The van der Waals surface area contributed by atoms with Crippen molar-refractivity contribution in [2.24, 2.45) is 7.05 Å². The molecule has 0 aliphatic rings. The SMILES string of the molecule is COc1ccc(Cl)cc1NC(=O)CSc1nc2sccc2c(=O)n1C. The van der Waals surface area contributed by atoms with Crippen LogP contribution in [-0.2, 0) is 11.8 Å². The quantitative estimate of drug-likeness (QED) is 0.529. The lowest BCUT2D eigenvalue weighted by Crippen LogP contribution is -2.21. The molecule has 9 heteroatoms. The van der Waals surface area contributed by atoms with E-state index < -0.39 is 0 Å². The molecule has 0 spiro atoms. The summed E-state index contributed by atoms with van der Waals surface area (Å²) in [4.78, 5) is 29.6. The number of halogens is 1. The van der Waals surface area contributed by atoms with Gasteiger partial charge in [-0.1, -0.05) is 23.4 Å². The second-order valence-electron chi connectivity index (χ2n) is 5.08. The molecule has 0 saturated carbocycles. The maximum absolute atomic E-state index is 12.3. The van der Waals surface area contributed by atoms with Crippen molar-refractivity contribution in [2.45, 2.75) is 5.16 Å². The van der Waals surface area contributed by atoms with Crippen LogP contribution < -0.4 is 15.6 Å². The summed E-state index contributed by atoms with van der Waals surface area (Å²) in [6.45, 7) is 0. The first kappa shape index (κ1) is 17.8. The van der Waals surface area contributed by atoms with Gasteiger partial charge in [-0.25, -0.2) is 4.98 Å². The predicted molar refractivity (Wildman–Crippen MR) is 102 cm³/mol. The summed E-state index contributed by atoms with van der Waals surface area (Å²) in [6, 6.07) is 6.73. The second-order valence-corrected chi connectivity index (χ2v) is 7.35. The molecule has 2 heterocycles. The Morgan fingerprint density at radius 1 is 1.44 bits per heavy atom. The normalized spacial score (nSPS) is 10.8. The Morgan fingerprint density at radius 3 is 3.00 bits per heavy atom. The van der Waals surface area contributed by atoms with Crippen LogP contribution in [0.3, 0.4) is 0 Å². The average Bonchev–Trinajstić information content (AvgIpc) is 3.05. The molecule has 2 aromatic heterocycles. The van der Waals surface area contributed by atoms with Crippen molar-refractivity contribution in [3.8, 4) is 5.75 Å². The molecule has 25 heavy (non-hydrogen) atoms. The van der Waals surface area contributed by atoms with Crippen molar-refractivity contribution in [3.05, 3.63) is 45.0 Å². The largest absolute Gasteiger partial charge is 0.495 e. The summed E-state index contributed by atoms with van der Waals surface area (Å²) < 4.78 is 6.65. The molecule has 0 atom stereocenters. The number of hydrogen-bond acceptors (Lipinski definition) is 6. The highest BCUT2D eigenvalue weighted by Crippen LogP contribution is 2.28. The fourth-order valence-electron chi connectivity index (χ4n) is 2.20. The molecule has 3 aromatic rings. The van der Waals surface area contributed by atoms with Crippen LogP contribution >= 0.6 is 34.7 Å². The Morgan fingerprint density at radius 2 is 2.24 bits per heavy atom. The van der Waals surface area contributed by atoms with Gasteiger partial charge in [-0.05, 0) is 29.6 Å². The third-order valence-electron chi connectivity index (χ3n) is 3.43. The van der Waals surface area contributed by atoms with E-state index in [1.807, 2.05) is 5.38 Å². The highest BCUT2D eigenvalue weighted by Gasteiger charge is 2.13. The number of benzene rings is 1. The van der Waals surface area contributed by atoms with Crippen LogP contribution in [0.15, 0.2) is 39.6 Å². The maximum Gasteiger partial charge on any atom is 0.262 e. The fourth-order valence-corrected chi connectivity index (χ4v) is 3.95. The Balaban J connectivity index is 1.74. The third-order valence-corrected chi connectivity index (χ3v) is 5.50. The molecular formula is C16H14ClN3O3S2. The van der Waals surface area contributed by atoms with Crippen LogP contribution in [-0.4, -0.2) is 28.3 Å². The van der Waals surface area contributed by atoms with Crippen LogP contribution in [0.25, 0.3) is 10.2 Å². The second kappa shape index (κ2) is 7.47. The zero-order valence-electron chi connectivity index (χ0n) is 13.4. The van der Waals surface area contributed by atoms with E-state index in [-0.39, 0.29) is 17.2 Å². The van der Waals surface area contributed by atoms with Gasteiger partial charge in [-0.15, -0.1) is 11.3 Å². The van der Waals surface area contributed by atoms with Gasteiger partial charge in [-0.2, -0.15) is 0 Å². The minimum absolute atomic E-state index is 0.104. The van der Waals surface area contributed by atoms with Gasteiger partial charge >= 0.3 is 0 Å². The van der Waals surface area contributed by atoms with Crippen LogP contribution in [0.2, 0.25) is 5.02 Å². The molecule has 1 aromatic carbocycles. The molecule has 0 fully saturated rings. The van der Waals surface area contributed by atoms with Gasteiger partial charge in [0.15, 0.2) is 5.16 Å². The molecule has 1 N–H and O–H groups in total. The number of thiophene rings is 1. The number of aromatic nitrogens is 2. The van der Waals surface area contributed by atoms with Crippen molar-refractivity contribution >= 4 is 56.5 Å². The van der Waals surface area contributed by atoms with E-state index >= 15 is 0 Å². The summed E-state index contributed by atoms with van der Waals surface area (Å²) in [5.41, 5.74) is 0.377. The molecule has 3 rings (SSSR count). The van der Waals surface area contributed by atoms with E-state index in [9.17, 15) is 9.59 Å². The smallest absolute Gasteiger partial charge is 0.262 e. The number of ether oxygens (including phenoxy) is 1. The molecule has 0 unspecified atom stereocenters. The van der Waals surface area contributed by atoms with E-state index in [1.54, 1.807) is 31.3 Å². The van der Waals surface area contributed by atoms with E-state index in [0.29, 0.717) is 31.8 Å². The first-order valence-corrected chi connectivity index (χ1v) is 9.44. The number of hydrogen-bond donors (Lipinski definition) is 1. The summed E-state index contributed by atoms with van der Waals surface area (Å²) >= 11 is 8.55. The first-order chi connectivity index (χ1) is 12.0. The van der Waals surface area contributed by atoms with Gasteiger partial charge < -0.3 is 10.1 Å². The number of thioether (sulfide) groups is 1. The van der Waals surface area contributed by atoms with E-state index in [2.05, 4.69) is 10.3 Å². The van der Waals surface area contributed by atoms with Crippen LogP contribution in [0.4, 0.5) is 5.69 Å². The van der Waals surface area contributed by atoms with E-state index in [4.69, 9.17) is 16.3 Å². The topological polar surface area (TPSA) is 73.2 Å². The van der Waals surface area contributed by atoms with Crippen molar-refractivity contribution in [1.29, 1.82) is 0 Å². The van der Waals surface area contributed by atoms with Gasteiger partial charge in [0.25, 0.3) is 5.56 Å². The lowest BCUT2D eigenvalue weighted by atomic mass is 10.3. The van der Waals surface area contributed by atoms with Crippen molar-refractivity contribution in [1.82, 2.24) is 9.55 Å². The Labute approximate surface area is 156 Å². The lowest BCUT2D eigenvalue weighted by molar-refractivity contribution is -0.113. The van der Waals surface area contributed by atoms with E-state index in [0.717, 1.165) is 0 Å². The summed E-state index contributed by atoms with van der Waals surface area (Å²) in [5, 5.41) is 6.16. The Kier molecular flexibility index (Phi) is 5.31. The molecule has 0 saturated heterocycles. The number of amides is 1. The van der Waals surface area contributed by atoms with Gasteiger partial charge in [0.2, 0.25) is 5.91 Å². The zero-order valence-corrected chi connectivity index (χ0v) is 15.8. The number of methoxy groups -OCH3 is 1. The van der Waals surface area contributed by atoms with Crippen molar-refractivity contribution in [3.63, 3.8) is 0 Å². The Hall–Kier alpha value is -2.03. The molecule has 130 valence electrons. The number of carbonyl (C=O) groups excluding carboxylic acids is 1. The van der Waals surface area contributed by atoms with Gasteiger partial charge in [0.05, 0.1) is 23.9 Å². The van der Waals surface area contributed by atoms with E-state index in [1.165, 1.54) is 34.8 Å². The highest BCUT2D eigenvalue weighted by molar-refractivity contribution is 7.99. The number of rotatable bonds is 5. The van der Waals surface area contributed by atoms with Crippen molar-refractivity contribution < 1.29 is 9.53 Å². The molecule has 1 amide bonds. The fraction of sp³-hybridized carbons (Fsp3) is 0.188. The number of carbonyl (C=O) groups is 1. The molecular weight excluding hydrogens is 382 g/mol. The van der Waals surface area contributed by atoms with Crippen molar-refractivity contribution in [2.75, 3.05) is 18.2 Å². The summed E-state index contributed by atoms with van der Waals surface area (Å²) in [7, 11) is 3.16. The van der Waals surface area contributed by atoms with Crippen LogP contribution in [0, 0.1) is 0 Å². The minimum atomic E-state index is -0.244. The molecule has 0 aliphatic heterocycles. The molecule has 0 aliphatic carbocycles. The monoisotopic (exact) mass is 395 g/mol.